The molecule has 1 aliphatic heterocycles. The average molecular weight is 412 g/mol. The fraction of sp³-hybridized carbons (Fsp3) is 0.304. The summed E-state index contributed by atoms with van der Waals surface area (Å²) < 4.78 is 26.9. The quantitative estimate of drug-likeness (QED) is 0.503. The van der Waals surface area contributed by atoms with Crippen molar-refractivity contribution < 1.29 is 33.3 Å². The Labute approximate surface area is 175 Å². The lowest BCUT2D eigenvalue weighted by atomic mass is 10.0. The Kier molecular flexibility index (Phi) is 6.30. The molecule has 7 nitrogen and oxygen atoms in total. The van der Waals surface area contributed by atoms with E-state index in [9.17, 15) is 9.59 Å². The molecule has 0 saturated carbocycles. The van der Waals surface area contributed by atoms with E-state index >= 15 is 0 Å². The van der Waals surface area contributed by atoms with Gasteiger partial charge in [-0.25, -0.2) is 4.79 Å². The molecule has 0 atom stereocenters. The van der Waals surface area contributed by atoms with Crippen LogP contribution in [-0.4, -0.2) is 38.7 Å². The van der Waals surface area contributed by atoms with Crippen molar-refractivity contribution in [1.82, 2.24) is 0 Å². The van der Waals surface area contributed by atoms with Gasteiger partial charge in [0, 0.05) is 17.7 Å². The van der Waals surface area contributed by atoms with E-state index in [1.807, 2.05) is 0 Å². The Hall–Kier alpha value is -3.48. The first-order chi connectivity index (χ1) is 14.3. The number of aryl methyl sites for hydroxylation is 1. The maximum atomic E-state index is 12.9. The number of ketones is 1. The second kappa shape index (κ2) is 8.90. The van der Waals surface area contributed by atoms with Gasteiger partial charge in [0.05, 0.1) is 25.9 Å². The summed E-state index contributed by atoms with van der Waals surface area (Å²) in [5.41, 5.74) is 1.83. The van der Waals surface area contributed by atoms with Gasteiger partial charge in [-0.1, -0.05) is 0 Å². The van der Waals surface area contributed by atoms with Gasteiger partial charge in [0.2, 0.25) is 5.78 Å². The van der Waals surface area contributed by atoms with Gasteiger partial charge in [-0.15, -0.1) is 0 Å². The van der Waals surface area contributed by atoms with Gasteiger partial charge in [-0.2, -0.15) is 0 Å². The van der Waals surface area contributed by atoms with Crippen molar-refractivity contribution >= 4 is 17.8 Å². The highest BCUT2D eigenvalue weighted by Crippen LogP contribution is 2.38. The smallest absolute Gasteiger partial charge is 0.344 e. The van der Waals surface area contributed by atoms with E-state index < -0.39 is 5.97 Å². The van der Waals surface area contributed by atoms with E-state index in [4.69, 9.17) is 23.7 Å². The van der Waals surface area contributed by atoms with Crippen LogP contribution in [0.1, 0.15) is 35.3 Å². The van der Waals surface area contributed by atoms with Crippen molar-refractivity contribution in [3.05, 3.63) is 52.8 Å². The van der Waals surface area contributed by atoms with Crippen LogP contribution in [0.4, 0.5) is 0 Å². The molecule has 2 aromatic rings. The summed E-state index contributed by atoms with van der Waals surface area (Å²) in [6, 6.07) is 8.57. The van der Waals surface area contributed by atoms with Crippen molar-refractivity contribution in [3.8, 4) is 23.0 Å². The van der Waals surface area contributed by atoms with Crippen LogP contribution >= 0.6 is 0 Å². The van der Waals surface area contributed by atoms with E-state index in [-0.39, 0.29) is 24.3 Å². The molecule has 0 saturated heterocycles. The van der Waals surface area contributed by atoms with Gasteiger partial charge < -0.3 is 23.7 Å². The van der Waals surface area contributed by atoms with Crippen LogP contribution in [0.2, 0.25) is 0 Å². The second-order valence-corrected chi connectivity index (χ2v) is 6.99. The fourth-order valence-corrected chi connectivity index (χ4v) is 3.08. The molecule has 7 heteroatoms. The predicted octanol–water partition coefficient (Wildman–Crippen LogP) is 3.96. The molecule has 0 spiro atoms. The minimum absolute atomic E-state index is 0.174. The first-order valence-electron chi connectivity index (χ1n) is 9.45. The van der Waals surface area contributed by atoms with Gasteiger partial charge in [-0.3, -0.25) is 4.79 Å². The summed E-state index contributed by atoms with van der Waals surface area (Å²) in [7, 11) is 3.11. The highest BCUT2D eigenvalue weighted by Gasteiger charge is 2.30. The number of Topliss-reactive ketones (excluding diaryl/α,β-unsaturated/α-hetero) is 1. The number of methoxy groups -OCH3 is 2. The molecule has 1 heterocycles. The number of hydrogen-bond donors (Lipinski definition) is 0. The number of benzene rings is 2. The topological polar surface area (TPSA) is 80.3 Å². The van der Waals surface area contributed by atoms with Crippen LogP contribution in [0.25, 0.3) is 6.08 Å². The van der Waals surface area contributed by atoms with E-state index in [0.29, 0.717) is 39.7 Å². The number of carbonyl (C=O) groups excluding carboxylic acids is 2. The van der Waals surface area contributed by atoms with Gasteiger partial charge in [0.1, 0.15) is 23.0 Å². The third kappa shape index (κ3) is 4.56. The van der Waals surface area contributed by atoms with Crippen LogP contribution in [0.5, 0.6) is 23.0 Å². The average Bonchev–Trinajstić information content (AvgIpc) is 3.02. The number of hydrogen-bond acceptors (Lipinski definition) is 7. The SMILES string of the molecule is COc1ccc(/C=C2\Oc3cc(OCC(=O)OC(C)C)cc(C)c3C2=O)c(OC)c1. The third-order valence-corrected chi connectivity index (χ3v) is 4.39. The highest BCUT2D eigenvalue weighted by atomic mass is 16.6. The molecule has 0 N–H and O–H groups in total. The van der Waals surface area contributed by atoms with Crippen molar-refractivity contribution in [2.75, 3.05) is 20.8 Å². The number of esters is 1. The first-order valence-corrected chi connectivity index (χ1v) is 9.45. The molecule has 0 aliphatic carbocycles. The lowest BCUT2D eigenvalue weighted by Gasteiger charge is -2.10. The van der Waals surface area contributed by atoms with E-state index in [1.54, 1.807) is 71.4 Å². The molecular weight excluding hydrogens is 388 g/mol. The minimum atomic E-state index is -0.465. The summed E-state index contributed by atoms with van der Waals surface area (Å²) in [5, 5.41) is 0. The monoisotopic (exact) mass is 412 g/mol. The zero-order chi connectivity index (χ0) is 21.8. The van der Waals surface area contributed by atoms with Crippen molar-refractivity contribution in [2.45, 2.75) is 26.9 Å². The Bertz CT molecular complexity index is 1000. The van der Waals surface area contributed by atoms with Crippen LogP contribution in [0, 0.1) is 6.92 Å². The molecule has 0 radical (unpaired) electrons. The standard InChI is InChI=1S/C23H24O7/c1-13(2)29-21(24)12-28-17-8-14(3)22-19(11-17)30-20(23(22)25)9-15-6-7-16(26-4)10-18(15)27-5/h6-11,13H,12H2,1-5H3/b20-9-. The minimum Gasteiger partial charge on any atom is -0.497 e. The summed E-state index contributed by atoms with van der Waals surface area (Å²) in [6.45, 7) is 5.09. The van der Waals surface area contributed by atoms with Gasteiger partial charge in [0.25, 0.3) is 0 Å². The van der Waals surface area contributed by atoms with E-state index in [2.05, 4.69) is 0 Å². The Morgan fingerprint density at radius 1 is 1.10 bits per heavy atom. The lowest BCUT2D eigenvalue weighted by Crippen LogP contribution is -2.18. The molecule has 0 unspecified atom stereocenters. The molecule has 158 valence electrons. The van der Waals surface area contributed by atoms with Gasteiger partial charge in [0.15, 0.2) is 12.4 Å². The maximum absolute atomic E-state index is 12.9. The molecule has 0 fully saturated rings. The summed E-state index contributed by atoms with van der Waals surface area (Å²) in [5.74, 6) is 1.48. The number of allylic oxidation sites excluding steroid dienone is 1. The number of rotatable bonds is 7. The fourth-order valence-electron chi connectivity index (χ4n) is 3.08. The molecule has 2 aromatic carbocycles. The summed E-state index contributed by atoms with van der Waals surface area (Å²) in [6.07, 6.45) is 1.41. The molecule has 30 heavy (non-hydrogen) atoms. The Balaban J connectivity index is 1.83. The number of carbonyl (C=O) groups is 2. The van der Waals surface area contributed by atoms with Crippen LogP contribution in [0.15, 0.2) is 36.1 Å². The summed E-state index contributed by atoms with van der Waals surface area (Å²) in [4.78, 5) is 24.6. The molecule has 0 amide bonds. The second-order valence-electron chi connectivity index (χ2n) is 6.99. The predicted molar refractivity (Wildman–Crippen MR) is 110 cm³/mol. The van der Waals surface area contributed by atoms with Crippen molar-refractivity contribution in [1.29, 1.82) is 0 Å². The number of ether oxygens (including phenoxy) is 5. The first kappa shape index (κ1) is 21.2. The van der Waals surface area contributed by atoms with Crippen LogP contribution in [0.3, 0.4) is 0 Å². The molecule has 0 bridgehead atoms. The van der Waals surface area contributed by atoms with Crippen LogP contribution < -0.4 is 18.9 Å². The molecule has 1 aliphatic rings. The van der Waals surface area contributed by atoms with Crippen LogP contribution in [-0.2, 0) is 9.53 Å². The Morgan fingerprint density at radius 2 is 1.87 bits per heavy atom. The van der Waals surface area contributed by atoms with Gasteiger partial charge >= 0.3 is 5.97 Å². The van der Waals surface area contributed by atoms with E-state index in [0.717, 1.165) is 0 Å². The maximum Gasteiger partial charge on any atom is 0.344 e. The zero-order valence-electron chi connectivity index (χ0n) is 17.6. The Morgan fingerprint density at radius 3 is 2.53 bits per heavy atom. The van der Waals surface area contributed by atoms with Gasteiger partial charge in [-0.05, 0) is 50.6 Å². The van der Waals surface area contributed by atoms with E-state index in [1.165, 1.54) is 0 Å². The molecule has 0 aromatic heterocycles. The van der Waals surface area contributed by atoms with Crippen molar-refractivity contribution in [3.63, 3.8) is 0 Å². The van der Waals surface area contributed by atoms with Crippen molar-refractivity contribution in [2.24, 2.45) is 0 Å². The number of fused-ring (bicyclic) bond motifs is 1. The third-order valence-electron chi connectivity index (χ3n) is 4.39. The normalized spacial score (nSPS) is 13.8. The highest BCUT2D eigenvalue weighted by molar-refractivity contribution is 6.15. The summed E-state index contributed by atoms with van der Waals surface area (Å²) >= 11 is 0. The molecule has 3 rings (SSSR count). The largest absolute Gasteiger partial charge is 0.497 e. The lowest BCUT2D eigenvalue weighted by molar-refractivity contribution is -0.149. The molecular formula is C23H24O7. The zero-order valence-corrected chi connectivity index (χ0v) is 17.6.